The van der Waals surface area contributed by atoms with Crippen molar-refractivity contribution in [1.29, 1.82) is 0 Å². The van der Waals surface area contributed by atoms with E-state index in [0.717, 1.165) is 39.7 Å². The first-order valence-electron chi connectivity index (χ1n) is 10.7. The van der Waals surface area contributed by atoms with Gasteiger partial charge in [0.2, 0.25) is 5.91 Å². The molecule has 170 valence electrons. The SMILES string of the molecule is CCOc1ccccc1-c1nc(CC(=O)NNC(=O)c2ccc3c(c2)nc(C)n3CC)cs1. The Morgan fingerprint density at radius 2 is 1.91 bits per heavy atom. The highest BCUT2D eigenvalue weighted by Crippen LogP contribution is 2.32. The first-order valence-corrected chi connectivity index (χ1v) is 11.6. The lowest BCUT2D eigenvalue weighted by atomic mass is 10.2. The second-order valence-corrected chi connectivity index (χ2v) is 8.22. The molecule has 4 aromatic rings. The maximum absolute atomic E-state index is 12.5. The van der Waals surface area contributed by atoms with Gasteiger partial charge in [-0.05, 0) is 51.1 Å². The third-order valence-corrected chi connectivity index (χ3v) is 6.07. The summed E-state index contributed by atoms with van der Waals surface area (Å²) in [6.07, 6.45) is 0.0483. The molecule has 2 N–H and O–H groups in total. The number of ether oxygens (including phenoxy) is 1. The topological polar surface area (TPSA) is 98.1 Å². The summed E-state index contributed by atoms with van der Waals surface area (Å²) in [6, 6.07) is 13.0. The molecule has 8 nitrogen and oxygen atoms in total. The quantitative estimate of drug-likeness (QED) is 0.405. The molecule has 0 unspecified atom stereocenters. The van der Waals surface area contributed by atoms with Gasteiger partial charge in [-0.1, -0.05) is 12.1 Å². The molecule has 2 heterocycles. The smallest absolute Gasteiger partial charge is 0.269 e. The number of hydrazine groups is 1. The van der Waals surface area contributed by atoms with Gasteiger partial charge in [-0.3, -0.25) is 20.4 Å². The summed E-state index contributed by atoms with van der Waals surface area (Å²) in [5, 5.41) is 2.61. The van der Waals surface area contributed by atoms with Crippen LogP contribution in [0.5, 0.6) is 5.75 Å². The van der Waals surface area contributed by atoms with Crippen LogP contribution in [-0.4, -0.2) is 33.0 Å². The van der Waals surface area contributed by atoms with Crippen LogP contribution < -0.4 is 15.6 Å². The van der Waals surface area contributed by atoms with Crippen LogP contribution in [0.3, 0.4) is 0 Å². The van der Waals surface area contributed by atoms with Gasteiger partial charge in [0.05, 0.1) is 35.3 Å². The number of nitrogens with one attached hydrogen (secondary N) is 2. The van der Waals surface area contributed by atoms with E-state index in [0.29, 0.717) is 17.9 Å². The number of rotatable bonds is 7. The maximum Gasteiger partial charge on any atom is 0.269 e. The highest BCUT2D eigenvalue weighted by molar-refractivity contribution is 7.13. The third-order valence-electron chi connectivity index (χ3n) is 5.14. The van der Waals surface area contributed by atoms with Gasteiger partial charge in [-0.15, -0.1) is 11.3 Å². The number of aryl methyl sites for hydroxylation is 2. The fourth-order valence-electron chi connectivity index (χ4n) is 3.63. The van der Waals surface area contributed by atoms with E-state index in [4.69, 9.17) is 4.74 Å². The van der Waals surface area contributed by atoms with Gasteiger partial charge in [-0.2, -0.15) is 0 Å². The zero-order chi connectivity index (χ0) is 23.4. The van der Waals surface area contributed by atoms with E-state index in [9.17, 15) is 9.59 Å². The van der Waals surface area contributed by atoms with E-state index in [1.807, 2.05) is 56.5 Å². The number of para-hydroxylation sites is 1. The van der Waals surface area contributed by atoms with Crippen molar-refractivity contribution in [3.05, 3.63) is 64.9 Å². The molecule has 0 radical (unpaired) electrons. The summed E-state index contributed by atoms with van der Waals surface area (Å²) in [4.78, 5) is 33.9. The summed E-state index contributed by atoms with van der Waals surface area (Å²) in [6.45, 7) is 7.28. The van der Waals surface area contributed by atoms with Crippen LogP contribution in [0.25, 0.3) is 21.6 Å². The van der Waals surface area contributed by atoms with Gasteiger partial charge in [0.15, 0.2) is 0 Å². The van der Waals surface area contributed by atoms with Crippen LogP contribution >= 0.6 is 11.3 Å². The number of benzene rings is 2. The van der Waals surface area contributed by atoms with E-state index in [1.54, 1.807) is 12.1 Å². The average Bonchev–Trinajstić information content (AvgIpc) is 3.40. The Kier molecular flexibility index (Phi) is 6.69. The maximum atomic E-state index is 12.5. The van der Waals surface area contributed by atoms with E-state index in [2.05, 4.69) is 25.4 Å². The zero-order valence-corrected chi connectivity index (χ0v) is 19.5. The van der Waals surface area contributed by atoms with Gasteiger partial charge >= 0.3 is 0 Å². The van der Waals surface area contributed by atoms with Gasteiger partial charge in [0.1, 0.15) is 16.6 Å². The second kappa shape index (κ2) is 9.83. The summed E-state index contributed by atoms with van der Waals surface area (Å²) < 4.78 is 7.74. The number of thiazole rings is 1. The predicted octanol–water partition coefficient (Wildman–Crippen LogP) is 3.89. The minimum Gasteiger partial charge on any atom is -0.493 e. The molecule has 0 fully saturated rings. The number of fused-ring (bicyclic) bond motifs is 1. The lowest BCUT2D eigenvalue weighted by molar-refractivity contribution is -0.121. The molecule has 9 heteroatoms. The standard InChI is InChI=1S/C24H25N5O3S/c1-4-29-15(3)25-19-12-16(10-11-20(19)29)23(31)28-27-22(30)13-17-14-33-24(26-17)18-8-6-7-9-21(18)32-5-2/h6-12,14H,4-5,13H2,1-3H3,(H,27,30)(H,28,31). The molecule has 0 saturated carbocycles. The molecule has 0 saturated heterocycles. The van der Waals surface area contributed by atoms with Crippen LogP contribution in [0.15, 0.2) is 47.8 Å². The monoisotopic (exact) mass is 463 g/mol. The summed E-state index contributed by atoms with van der Waals surface area (Å²) in [5.41, 5.74) is 8.58. The highest BCUT2D eigenvalue weighted by Gasteiger charge is 2.14. The Morgan fingerprint density at radius 1 is 1.09 bits per heavy atom. The fourth-order valence-corrected chi connectivity index (χ4v) is 4.48. The molecule has 0 aliphatic heterocycles. The van der Waals surface area contributed by atoms with Crippen LogP contribution in [0.4, 0.5) is 0 Å². The molecule has 0 spiro atoms. The molecular formula is C24H25N5O3S. The lowest BCUT2D eigenvalue weighted by Gasteiger charge is -2.08. The number of carbonyl (C=O) groups excluding carboxylic acids is 2. The first kappa shape index (κ1) is 22.5. The van der Waals surface area contributed by atoms with Crippen LogP contribution in [0.1, 0.15) is 35.7 Å². The van der Waals surface area contributed by atoms with Crippen molar-refractivity contribution in [2.45, 2.75) is 33.7 Å². The predicted molar refractivity (Wildman–Crippen MR) is 128 cm³/mol. The number of hydrogen-bond acceptors (Lipinski definition) is 6. The Hall–Kier alpha value is -3.72. The van der Waals surface area contributed by atoms with Crippen LogP contribution in [-0.2, 0) is 17.8 Å². The molecule has 2 amide bonds. The Labute approximate surface area is 195 Å². The summed E-state index contributed by atoms with van der Waals surface area (Å²) >= 11 is 1.44. The van der Waals surface area contributed by atoms with Gasteiger partial charge in [0, 0.05) is 17.5 Å². The molecule has 2 aromatic heterocycles. The van der Waals surface area contributed by atoms with Crippen molar-refractivity contribution in [3.8, 4) is 16.3 Å². The number of nitrogens with zero attached hydrogens (tertiary/aromatic N) is 3. The molecular weight excluding hydrogens is 438 g/mol. The molecule has 0 aliphatic rings. The van der Waals surface area contributed by atoms with Gasteiger partial charge < -0.3 is 9.30 Å². The molecule has 4 rings (SSSR count). The van der Waals surface area contributed by atoms with Crippen molar-refractivity contribution >= 4 is 34.2 Å². The Morgan fingerprint density at radius 3 is 2.70 bits per heavy atom. The zero-order valence-electron chi connectivity index (χ0n) is 18.7. The minimum absolute atomic E-state index is 0.0483. The molecule has 33 heavy (non-hydrogen) atoms. The number of aromatic nitrogens is 3. The number of hydrogen-bond donors (Lipinski definition) is 2. The van der Waals surface area contributed by atoms with Gasteiger partial charge in [-0.25, -0.2) is 9.97 Å². The Bertz CT molecular complexity index is 1310. The van der Waals surface area contributed by atoms with E-state index < -0.39 is 5.91 Å². The molecule has 2 aromatic carbocycles. The normalized spacial score (nSPS) is 10.9. The number of carbonyl (C=O) groups is 2. The minimum atomic E-state index is -0.404. The van der Waals surface area contributed by atoms with Crippen molar-refractivity contribution in [1.82, 2.24) is 25.4 Å². The highest BCUT2D eigenvalue weighted by atomic mass is 32.1. The molecule has 0 aliphatic carbocycles. The summed E-state index contributed by atoms with van der Waals surface area (Å²) in [5.74, 6) is 0.891. The van der Waals surface area contributed by atoms with Crippen LogP contribution in [0, 0.1) is 6.92 Å². The van der Waals surface area contributed by atoms with Crippen LogP contribution in [0.2, 0.25) is 0 Å². The molecule has 0 bridgehead atoms. The molecule has 0 atom stereocenters. The van der Waals surface area contributed by atoms with Gasteiger partial charge in [0.25, 0.3) is 5.91 Å². The second-order valence-electron chi connectivity index (χ2n) is 7.36. The van der Waals surface area contributed by atoms with E-state index in [1.165, 1.54) is 11.3 Å². The Balaban J connectivity index is 1.37. The first-order chi connectivity index (χ1) is 16.0. The van der Waals surface area contributed by atoms with E-state index in [-0.39, 0.29) is 12.3 Å². The van der Waals surface area contributed by atoms with Crippen molar-refractivity contribution in [2.24, 2.45) is 0 Å². The van der Waals surface area contributed by atoms with Crippen molar-refractivity contribution in [3.63, 3.8) is 0 Å². The number of amides is 2. The summed E-state index contributed by atoms with van der Waals surface area (Å²) in [7, 11) is 0. The van der Waals surface area contributed by atoms with E-state index >= 15 is 0 Å². The third kappa shape index (κ3) is 4.88. The average molecular weight is 464 g/mol. The fraction of sp³-hybridized carbons (Fsp3) is 0.250. The van der Waals surface area contributed by atoms with Crippen molar-refractivity contribution in [2.75, 3.05) is 6.61 Å². The lowest BCUT2D eigenvalue weighted by Crippen LogP contribution is -2.42. The largest absolute Gasteiger partial charge is 0.493 e. The van der Waals surface area contributed by atoms with Crippen molar-refractivity contribution < 1.29 is 14.3 Å². The number of imidazole rings is 1.